The Hall–Kier alpha value is -1.77. The fourth-order valence-electron chi connectivity index (χ4n) is 2.65. The molecule has 1 N–H and O–H groups in total. The van der Waals surface area contributed by atoms with Crippen LogP contribution in [0.2, 0.25) is 0 Å². The third-order valence-corrected chi connectivity index (χ3v) is 4.09. The zero-order valence-electron chi connectivity index (χ0n) is 11.5. The van der Waals surface area contributed by atoms with E-state index in [0.29, 0.717) is 6.04 Å². The molecule has 0 unspecified atom stereocenters. The van der Waals surface area contributed by atoms with E-state index < -0.39 is 0 Å². The van der Waals surface area contributed by atoms with Crippen molar-refractivity contribution in [3.8, 4) is 11.3 Å². The van der Waals surface area contributed by atoms with Crippen LogP contribution in [0.15, 0.2) is 41.3 Å². The molecule has 1 aromatic carbocycles. The second-order valence-corrected chi connectivity index (χ2v) is 5.76. The minimum Gasteiger partial charge on any atom is -0.444 e. The molecule has 1 aromatic heterocycles. The van der Waals surface area contributed by atoms with Crippen LogP contribution in [0.25, 0.3) is 11.3 Å². The summed E-state index contributed by atoms with van der Waals surface area (Å²) >= 11 is 0. The molecule has 0 amide bonds. The third-order valence-electron chi connectivity index (χ3n) is 4.09. The van der Waals surface area contributed by atoms with Crippen LogP contribution in [0, 0.1) is 11.8 Å². The van der Waals surface area contributed by atoms with Crippen molar-refractivity contribution >= 4 is 5.69 Å². The van der Waals surface area contributed by atoms with Crippen LogP contribution in [-0.4, -0.2) is 11.0 Å². The van der Waals surface area contributed by atoms with Gasteiger partial charge < -0.3 is 9.73 Å². The molecule has 3 nitrogen and oxygen atoms in total. The highest BCUT2D eigenvalue weighted by atomic mass is 16.3. The van der Waals surface area contributed by atoms with Gasteiger partial charge in [-0.05, 0) is 48.9 Å². The number of benzene rings is 1. The first-order chi connectivity index (χ1) is 9.22. The normalized spacial score (nSPS) is 22.3. The molecule has 19 heavy (non-hydrogen) atoms. The van der Waals surface area contributed by atoms with Crippen LogP contribution in [-0.2, 0) is 0 Å². The van der Waals surface area contributed by atoms with Gasteiger partial charge >= 0.3 is 0 Å². The molecule has 0 aliphatic heterocycles. The molecule has 1 aliphatic carbocycles. The maximum atomic E-state index is 5.28. The smallest absolute Gasteiger partial charge is 0.181 e. The molecule has 0 spiro atoms. The molecular formula is C16H20N2O. The molecule has 0 bridgehead atoms. The van der Waals surface area contributed by atoms with Crippen molar-refractivity contribution in [1.29, 1.82) is 0 Å². The Morgan fingerprint density at radius 1 is 1.21 bits per heavy atom. The Kier molecular flexibility index (Phi) is 3.28. The summed E-state index contributed by atoms with van der Waals surface area (Å²) in [4.78, 5) is 3.93. The molecule has 0 radical (unpaired) electrons. The monoisotopic (exact) mass is 256 g/mol. The van der Waals surface area contributed by atoms with Crippen molar-refractivity contribution in [2.24, 2.45) is 11.8 Å². The minimum atomic E-state index is 0.642. The molecule has 0 atom stereocenters. The second-order valence-electron chi connectivity index (χ2n) is 5.76. The Morgan fingerprint density at radius 3 is 2.53 bits per heavy atom. The summed E-state index contributed by atoms with van der Waals surface area (Å²) in [5, 5.41) is 3.59. The number of nitrogens with one attached hydrogen (secondary N) is 1. The molecule has 100 valence electrons. The topological polar surface area (TPSA) is 38.1 Å². The summed E-state index contributed by atoms with van der Waals surface area (Å²) in [5.74, 6) is 2.52. The lowest BCUT2D eigenvalue weighted by Crippen LogP contribution is -2.37. The zero-order chi connectivity index (χ0) is 13.2. The van der Waals surface area contributed by atoms with Gasteiger partial charge in [-0.1, -0.05) is 13.8 Å². The van der Waals surface area contributed by atoms with Gasteiger partial charge in [-0.15, -0.1) is 0 Å². The number of hydrogen-bond donors (Lipinski definition) is 1. The summed E-state index contributed by atoms with van der Waals surface area (Å²) in [7, 11) is 0. The van der Waals surface area contributed by atoms with E-state index in [1.54, 1.807) is 6.20 Å². The molecule has 1 heterocycles. The first-order valence-electron chi connectivity index (χ1n) is 6.98. The Morgan fingerprint density at radius 2 is 1.95 bits per heavy atom. The Balaban J connectivity index is 1.59. The van der Waals surface area contributed by atoms with Gasteiger partial charge in [0.2, 0.25) is 0 Å². The summed E-state index contributed by atoms with van der Waals surface area (Å²) in [5.41, 5.74) is 2.26. The van der Waals surface area contributed by atoms with E-state index >= 15 is 0 Å². The lowest BCUT2D eigenvalue weighted by Gasteiger charge is -2.39. The van der Waals surface area contributed by atoms with Crippen molar-refractivity contribution in [3.05, 3.63) is 36.9 Å². The van der Waals surface area contributed by atoms with Gasteiger partial charge in [0.05, 0.1) is 6.20 Å². The minimum absolute atomic E-state index is 0.642. The van der Waals surface area contributed by atoms with Gasteiger partial charge in [-0.3, -0.25) is 0 Å². The van der Waals surface area contributed by atoms with E-state index in [4.69, 9.17) is 4.42 Å². The van der Waals surface area contributed by atoms with E-state index in [9.17, 15) is 0 Å². The van der Waals surface area contributed by atoms with Crippen LogP contribution in [0.3, 0.4) is 0 Å². The van der Waals surface area contributed by atoms with E-state index in [1.165, 1.54) is 24.9 Å². The number of rotatable bonds is 4. The molecule has 1 fully saturated rings. The van der Waals surface area contributed by atoms with E-state index in [-0.39, 0.29) is 0 Å². The summed E-state index contributed by atoms with van der Waals surface area (Å²) in [6, 6.07) is 9.01. The average molecular weight is 256 g/mol. The summed E-state index contributed by atoms with van der Waals surface area (Å²) < 4.78 is 5.28. The van der Waals surface area contributed by atoms with Gasteiger partial charge in [-0.2, -0.15) is 0 Å². The lowest BCUT2D eigenvalue weighted by molar-refractivity contribution is 0.212. The quantitative estimate of drug-likeness (QED) is 0.891. The predicted molar refractivity (Wildman–Crippen MR) is 76.9 cm³/mol. The highest BCUT2D eigenvalue weighted by molar-refractivity contribution is 5.60. The fraction of sp³-hybridized carbons (Fsp3) is 0.438. The number of hydrogen-bond acceptors (Lipinski definition) is 3. The van der Waals surface area contributed by atoms with E-state index in [0.717, 1.165) is 23.2 Å². The van der Waals surface area contributed by atoms with Crippen molar-refractivity contribution < 1.29 is 4.42 Å². The van der Waals surface area contributed by atoms with Crippen molar-refractivity contribution in [2.75, 3.05) is 5.32 Å². The molecule has 2 aromatic rings. The maximum absolute atomic E-state index is 5.28. The van der Waals surface area contributed by atoms with Gasteiger partial charge in [0, 0.05) is 17.3 Å². The molecule has 1 aliphatic rings. The van der Waals surface area contributed by atoms with Gasteiger partial charge in [0.15, 0.2) is 12.2 Å². The summed E-state index contributed by atoms with van der Waals surface area (Å²) in [6.07, 6.45) is 5.78. The largest absolute Gasteiger partial charge is 0.444 e. The first-order valence-corrected chi connectivity index (χ1v) is 6.98. The van der Waals surface area contributed by atoms with Gasteiger partial charge in [0.1, 0.15) is 0 Å². The number of aromatic nitrogens is 1. The molecule has 1 saturated carbocycles. The summed E-state index contributed by atoms with van der Waals surface area (Å²) in [6.45, 7) is 4.63. The highest BCUT2D eigenvalue weighted by Gasteiger charge is 2.30. The Bertz CT molecular complexity index is 510. The lowest BCUT2D eigenvalue weighted by atomic mass is 9.73. The zero-order valence-corrected chi connectivity index (χ0v) is 11.5. The molecular weight excluding hydrogens is 236 g/mol. The predicted octanol–water partition coefficient (Wildman–Crippen LogP) is 4.19. The number of oxazole rings is 1. The van der Waals surface area contributed by atoms with Crippen LogP contribution >= 0.6 is 0 Å². The van der Waals surface area contributed by atoms with Gasteiger partial charge in [0.25, 0.3) is 0 Å². The molecule has 3 rings (SSSR count). The van der Waals surface area contributed by atoms with Crippen LogP contribution in [0.4, 0.5) is 5.69 Å². The van der Waals surface area contributed by atoms with Crippen LogP contribution < -0.4 is 5.32 Å². The second kappa shape index (κ2) is 5.08. The molecule has 0 saturated heterocycles. The number of anilines is 1. The van der Waals surface area contributed by atoms with Crippen LogP contribution in [0.5, 0.6) is 0 Å². The standard InChI is InChI=1S/C16H20N2O/c1-11(2)13-7-15(8-13)18-14-5-3-12(4-6-14)16-9-17-10-19-16/h3-6,9-11,13,15,18H,7-8H2,1-2H3. The van der Waals surface area contributed by atoms with E-state index in [2.05, 4.69) is 48.4 Å². The van der Waals surface area contributed by atoms with Crippen molar-refractivity contribution in [2.45, 2.75) is 32.7 Å². The van der Waals surface area contributed by atoms with Crippen LogP contribution in [0.1, 0.15) is 26.7 Å². The van der Waals surface area contributed by atoms with Crippen molar-refractivity contribution in [3.63, 3.8) is 0 Å². The average Bonchev–Trinajstić information content (AvgIpc) is 2.87. The van der Waals surface area contributed by atoms with Crippen molar-refractivity contribution in [1.82, 2.24) is 4.98 Å². The number of nitrogens with zero attached hydrogens (tertiary/aromatic N) is 1. The third kappa shape index (κ3) is 2.65. The fourth-order valence-corrected chi connectivity index (χ4v) is 2.65. The maximum Gasteiger partial charge on any atom is 0.181 e. The Labute approximate surface area is 114 Å². The van der Waals surface area contributed by atoms with E-state index in [1.807, 2.05) is 0 Å². The van der Waals surface area contributed by atoms with Gasteiger partial charge in [-0.25, -0.2) is 4.98 Å². The molecule has 3 heteroatoms. The SMILES string of the molecule is CC(C)C1CC(Nc2ccc(-c3cnco3)cc2)C1. The first kappa shape index (κ1) is 12.3. The highest BCUT2D eigenvalue weighted by Crippen LogP contribution is 2.35.